The average Bonchev–Trinajstić information content (AvgIpc) is 4.01. The Labute approximate surface area is 375 Å². The van der Waals surface area contributed by atoms with Crippen LogP contribution in [0, 0.1) is 6.85 Å². The van der Waals surface area contributed by atoms with Crippen LogP contribution in [0.2, 0.25) is 0 Å². The summed E-state index contributed by atoms with van der Waals surface area (Å²) in [5.74, 6) is -0.571. The number of fused-ring (bicyclic) bond motifs is 9. The van der Waals surface area contributed by atoms with Crippen LogP contribution in [-0.4, -0.2) is 13.3 Å². The summed E-state index contributed by atoms with van der Waals surface area (Å²) in [6.07, 6.45) is 0. The quantitative estimate of drug-likeness (QED) is 0.166. The number of hydrogen-bond donors (Lipinski definition) is 0. The van der Waals surface area contributed by atoms with Crippen LogP contribution in [0.25, 0.3) is 20.2 Å². The Morgan fingerprint density at radius 3 is 2.12 bits per heavy atom. The predicted molar refractivity (Wildman–Crippen MR) is 243 cm³/mol. The lowest BCUT2D eigenvalue weighted by Crippen LogP contribution is -2.59. The maximum atomic E-state index is 10.5. The summed E-state index contributed by atoms with van der Waals surface area (Å²) in [6.45, 7) is 5.48. The third kappa shape index (κ3) is 5.09. The topological polar surface area (TPSA) is 21.7 Å². The van der Waals surface area contributed by atoms with Crippen molar-refractivity contribution in [3.8, 4) is 16.6 Å². The predicted octanol–water partition coefficient (Wildman–Crippen LogP) is 12.2. The molecular formula is C51H44BNO2S2. The van der Waals surface area contributed by atoms with Crippen molar-refractivity contribution in [2.45, 2.75) is 64.6 Å². The molecule has 280 valence electrons. The molecule has 0 N–H and O–H groups in total. The van der Waals surface area contributed by atoms with Gasteiger partial charge in [0.05, 0.1) is 37.5 Å². The van der Waals surface area contributed by atoms with Gasteiger partial charge in [0.25, 0.3) is 6.71 Å². The Morgan fingerprint density at radius 2 is 1.46 bits per heavy atom. The highest BCUT2D eigenvalue weighted by atomic mass is 32.1. The molecule has 0 fully saturated rings. The second-order valence-corrected chi connectivity index (χ2v) is 18.4. The highest BCUT2D eigenvalue weighted by molar-refractivity contribution is 7.26. The third-order valence-electron chi connectivity index (χ3n) is 10.6. The number of thiophene rings is 2. The van der Waals surface area contributed by atoms with Gasteiger partial charge in [0.1, 0.15) is 18.1 Å². The van der Waals surface area contributed by atoms with E-state index < -0.39 is 174 Å². The summed E-state index contributed by atoms with van der Waals surface area (Å²) in [7, 11) is 0. The Bertz CT molecular complexity index is 4060. The van der Waals surface area contributed by atoms with E-state index in [4.69, 9.17) is 21.8 Å². The van der Waals surface area contributed by atoms with Crippen molar-refractivity contribution >= 4 is 83.0 Å². The fourth-order valence-electron chi connectivity index (χ4n) is 7.85. The maximum absolute atomic E-state index is 10.5. The zero-order chi connectivity index (χ0) is 58.9. The third-order valence-corrected chi connectivity index (χ3v) is 13.2. The zero-order valence-electron chi connectivity index (χ0n) is 54.4. The normalized spacial score (nSPS) is 21.1. The molecule has 0 unspecified atom stereocenters. The summed E-state index contributed by atoms with van der Waals surface area (Å²) in [5.41, 5.74) is -7.26. The Balaban J connectivity index is 1.35. The molecule has 6 heteroatoms. The van der Waals surface area contributed by atoms with Crippen molar-refractivity contribution in [1.82, 2.24) is 0 Å². The molecule has 0 bridgehead atoms. The van der Waals surface area contributed by atoms with E-state index in [0.717, 1.165) is 27.6 Å². The van der Waals surface area contributed by atoms with Gasteiger partial charge in [-0.05, 0) is 98.6 Å². The lowest BCUT2D eigenvalue weighted by atomic mass is 9.34. The van der Waals surface area contributed by atoms with Gasteiger partial charge in [-0.1, -0.05) is 126 Å². The van der Waals surface area contributed by atoms with Gasteiger partial charge < -0.3 is 14.4 Å². The molecule has 0 aliphatic carbocycles. The van der Waals surface area contributed by atoms with E-state index in [9.17, 15) is 19.2 Å². The standard InChI is InChI=1S/C51H44BNO2S2/c1-30-24-41-45-42(25-30)55-48-39(28-44(57-48)50(5,6)7)52(45)38-27-43-36(26-40(38)53(41)34-20-18-31(19-21-34)49(2,3)4)35-22-23-37-46(47(35)56-43)54-29-51(37,32-14-10-8-11-15-32)33-16-12-9-13-17-33/h8-28H,29H2,1-7H3/i1D3,8D,9D,10D,11D,12D,13D,14D,15D,16D,17D,18D,19D,20D,21D,22D,23D,24D,25D,26D,28D. The van der Waals surface area contributed by atoms with E-state index >= 15 is 0 Å². The van der Waals surface area contributed by atoms with Crippen LogP contribution >= 0.6 is 22.7 Å². The minimum absolute atomic E-state index is 0.00615. The van der Waals surface area contributed by atoms with Crippen LogP contribution in [0.4, 0.5) is 17.1 Å². The molecule has 11 rings (SSSR count). The van der Waals surface area contributed by atoms with Gasteiger partial charge in [-0.2, -0.15) is 0 Å². The second kappa shape index (κ2) is 12.1. The van der Waals surface area contributed by atoms with Crippen LogP contribution in [0.3, 0.4) is 0 Å². The summed E-state index contributed by atoms with van der Waals surface area (Å²) in [4.78, 5) is 1.63. The van der Waals surface area contributed by atoms with Crippen molar-refractivity contribution < 1.29 is 41.0 Å². The summed E-state index contributed by atoms with van der Waals surface area (Å²) < 4.78 is 226. The fourth-order valence-corrected chi connectivity index (χ4v) is 10.1. The first-order chi connectivity index (χ1) is 37.0. The molecule has 2 aromatic heterocycles. The first-order valence-corrected chi connectivity index (χ1v) is 19.8. The van der Waals surface area contributed by atoms with Crippen LogP contribution in [0.1, 0.15) is 106 Å². The monoisotopic (exact) mass is 800 g/mol. The van der Waals surface area contributed by atoms with Gasteiger partial charge in [0.2, 0.25) is 0 Å². The molecule has 0 saturated carbocycles. The fraction of sp³-hybridized carbons (Fsp3) is 0.216. The van der Waals surface area contributed by atoms with E-state index in [0.29, 0.717) is 4.88 Å². The number of hydrogen-bond acceptors (Lipinski definition) is 5. The summed E-state index contributed by atoms with van der Waals surface area (Å²) >= 11 is 2.01. The molecule has 3 nitrogen and oxygen atoms in total. The van der Waals surface area contributed by atoms with Crippen LogP contribution in [0.5, 0.6) is 16.6 Å². The SMILES string of the molecule is [2H]c1c([2H])c([2H])c(C2(c3c([2H])c([2H])c([2H])c([2H])c3[2H])COc3c2c([2H])c([2H])c2c3sc3cc4c(c([2H])c32)N(c2c([2H])c([2H])c(C(C)(C)C)c([2H])c2[2H])c2c([2H])c(C([2H])([2H])[2H])c([2H])c3c2B4c2c(sc(C(C)(C)C)c2[2H])O3)c([2H])c1[2H]. The second-order valence-electron chi connectivity index (χ2n) is 16.3. The van der Waals surface area contributed by atoms with Gasteiger partial charge in [0.15, 0.2) is 5.06 Å². The number of rotatable bonds is 3. The largest absolute Gasteiger partial charge is 0.490 e. The summed E-state index contributed by atoms with van der Waals surface area (Å²) in [5, 5.41) is -0.100. The van der Waals surface area contributed by atoms with E-state index in [1.54, 1.807) is 26.8 Å². The maximum Gasteiger partial charge on any atom is 0.257 e. The highest BCUT2D eigenvalue weighted by Gasteiger charge is 2.46. The minimum atomic E-state index is -3.18. The van der Waals surface area contributed by atoms with Crippen molar-refractivity contribution in [2.75, 3.05) is 11.5 Å². The Hall–Kier alpha value is -5.30. The Morgan fingerprint density at radius 1 is 0.737 bits per heavy atom. The average molecular weight is 801 g/mol. The number of nitrogens with zero attached hydrogens (tertiary/aromatic N) is 1. The van der Waals surface area contributed by atoms with Gasteiger partial charge in [0, 0.05) is 47.1 Å². The first kappa shape index (κ1) is 18.5. The van der Waals surface area contributed by atoms with Crippen molar-refractivity contribution in [2.24, 2.45) is 0 Å². The van der Waals surface area contributed by atoms with Crippen molar-refractivity contribution in [3.63, 3.8) is 0 Å². The van der Waals surface area contributed by atoms with Crippen LogP contribution in [-0.2, 0) is 16.2 Å². The van der Waals surface area contributed by atoms with E-state index in [-0.39, 0.29) is 81.7 Å². The van der Waals surface area contributed by atoms with Gasteiger partial charge in [-0.25, -0.2) is 0 Å². The number of anilines is 3. The Kier molecular flexibility index (Phi) is 3.94. The molecular weight excluding hydrogens is 734 g/mol. The molecule has 57 heavy (non-hydrogen) atoms. The van der Waals surface area contributed by atoms with E-state index in [1.165, 1.54) is 0 Å². The lowest BCUT2D eigenvalue weighted by Gasteiger charge is -2.39. The van der Waals surface area contributed by atoms with Crippen LogP contribution in [0.15, 0.2) is 127 Å². The van der Waals surface area contributed by atoms with Gasteiger partial charge in [-0.15, -0.1) is 22.7 Å². The minimum Gasteiger partial charge on any atom is -0.490 e. The molecule has 6 aromatic carbocycles. The smallest absolute Gasteiger partial charge is 0.257 e. The molecule has 3 aliphatic rings. The van der Waals surface area contributed by atoms with Crippen LogP contribution < -0.4 is 30.8 Å². The van der Waals surface area contributed by atoms with Gasteiger partial charge >= 0.3 is 0 Å². The van der Waals surface area contributed by atoms with E-state index in [2.05, 4.69) is 0 Å². The number of benzene rings is 6. The van der Waals surface area contributed by atoms with E-state index in [1.807, 2.05) is 20.8 Å². The van der Waals surface area contributed by atoms with Gasteiger partial charge in [-0.3, -0.25) is 0 Å². The first-order valence-electron chi connectivity index (χ1n) is 29.7. The molecule has 8 aromatic rings. The van der Waals surface area contributed by atoms with Crippen molar-refractivity contribution in [3.05, 3.63) is 160 Å². The molecule has 0 spiro atoms. The molecule has 0 amide bonds. The zero-order valence-corrected chi connectivity index (χ0v) is 33.1. The summed E-state index contributed by atoms with van der Waals surface area (Å²) in [6, 6.07) is -12.4. The van der Waals surface area contributed by atoms with Crippen molar-refractivity contribution in [1.29, 1.82) is 0 Å². The molecule has 0 atom stereocenters. The number of ether oxygens (including phenoxy) is 2. The highest BCUT2D eigenvalue weighted by Crippen LogP contribution is 2.54. The molecule has 3 aliphatic heterocycles. The molecule has 0 saturated heterocycles. The lowest BCUT2D eigenvalue weighted by molar-refractivity contribution is 0.316. The molecule has 5 heterocycles. The molecule has 0 radical (unpaired) electrons.